The predicted octanol–water partition coefficient (Wildman–Crippen LogP) is 5.62. The lowest BCUT2D eigenvalue weighted by atomic mass is 9.98. The van der Waals surface area contributed by atoms with E-state index in [1.54, 1.807) is 0 Å². The lowest BCUT2D eigenvalue weighted by Crippen LogP contribution is -2.47. The van der Waals surface area contributed by atoms with E-state index in [9.17, 15) is 9.36 Å². The maximum Gasteiger partial charge on any atom is 0.406 e. The average molecular weight is 634 g/mol. The summed E-state index contributed by atoms with van der Waals surface area (Å²) in [6, 6.07) is 19.0. The molecule has 0 amide bonds. The molecule has 3 aliphatic heterocycles. The SMILES string of the molecule is CC(=O)O[C@@]1(CCCCNP(=O)(OCc2ccccc2)OCc2ccccc2)O[C@H]([C@H]2COC(C)(C)O2)[C@@H]2OC(C)(C)O[C@@H]21. The van der Waals surface area contributed by atoms with Crippen molar-refractivity contribution in [2.24, 2.45) is 0 Å². The summed E-state index contributed by atoms with van der Waals surface area (Å²) in [6.07, 6.45) is -0.762. The highest BCUT2D eigenvalue weighted by Crippen LogP contribution is 2.50. The number of unbranched alkanes of at least 4 members (excludes halogenated alkanes) is 1. The summed E-state index contributed by atoms with van der Waals surface area (Å²) in [5.74, 6) is -3.55. The van der Waals surface area contributed by atoms with Gasteiger partial charge in [0.25, 0.3) is 0 Å². The molecule has 242 valence electrons. The van der Waals surface area contributed by atoms with Gasteiger partial charge in [0.15, 0.2) is 17.7 Å². The Balaban J connectivity index is 1.22. The molecular weight excluding hydrogens is 589 g/mol. The zero-order chi connectivity index (χ0) is 31.4. The second-order valence-electron chi connectivity index (χ2n) is 12.3. The Labute approximate surface area is 259 Å². The van der Waals surface area contributed by atoms with Crippen molar-refractivity contribution in [2.45, 2.75) is 109 Å². The first-order valence-corrected chi connectivity index (χ1v) is 16.7. The second-order valence-corrected chi connectivity index (χ2v) is 14.1. The highest BCUT2D eigenvalue weighted by atomic mass is 31.2. The van der Waals surface area contributed by atoms with Gasteiger partial charge in [-0.25, -0.2) is 9.65 Å². The molecule has 11 nitrogen and oxygen atoms in total. The fourth-order valence-corrected chi connectivity index (χ4v) is 7.11. The Kier molecular flexibility index (Phi) is 10.3. The number of fused-ring (bicyclic) bond motifs is 1. The Morgan fingerprint density at radius 2 is 1.45 bits per heavy atom. The Hall–Kier alpha value is -2.18. The van der Waals surface area contributed by atoms with Gasteiger partial charge in [-0.1, -0.05) is 60.7 Å². The van der Waals surface area contributed by atoms with E-state index in [-0.39, 0.29) is 13.2 Å². The molecular formula is C32H44NO10P. The summed E-state index contributed by atoms with van der Waals surface area (Å²) in [7, 11) is -3.67. The Morgan fingerprint density at radius 1 is 0.841 bits per heavy atom. The summed E-state index contributed by atoms with van der Waals surface area (Å²) >= 11 is 0. The van der Waals surface area contributed by atoms with E-state index in [4.69, 9.17) is 37.5 Å². The third kappa shape index (κ3) is 8.34. The van der Waals surface area contributed by atoms with Gasteiger partial charge < -0.3 is 28.4 Å². The molecule has 3 aliphatic rings. The van der Waals surface area contributed by atoms with Crippen LogP contribution in [0.1, 0.15) is 65.0 Å². The van der Waals surface area contributed by atoms with Crippen LogP contribution in [-0.2, 0) is 60.0 Å². The first-order valence-electron chi connectivity index (χ1n) is 15.1. The normalized spacial score (nSPS) is 29.0. The summed E-state index contributed by atoms with van der Waals surface area (Å²) in [6.45, 7) is 9.57. The van der Waals surface area contributed by atoms with Gasteiger partial charge in [0.1, 0.15) is 18.3 Å². The minimum Gasteiger partial charge on any atom is -0.430 e. The number of carbonyl (C=O) groups is 1. The standard InChI is InChI=1S/C32H44NO10P/c1-23(34)39-32(29-28(41-31(4,5)43-29)27(42-32)26-22-36-30(2,3)40-26)18-12-13-19-33-44(35,37-20-24-14-8-6-9-15-24)38-21-25-16-10-7-11-17-25/h6-11,14-17,26-29H,12-13,18-22H2,1-5H3,(H,33,35)/t26-,27-,28+,29+,32+/m1/s1. The van der Waals surface area contributed by atoms with E-state index in [1.807, 2.05) is 88.4 Å². The number of esters is 1. The monoisotopic (exact) mass is 633 g/mol. The fraction of sp³-hybridized carbons (Fsp3) is 0.594. The van der Waals surface area contributed by atoms with Crippen molar-refractivity contribution in [1.29, 1.82) is 0 Å². The topological polar surface area (TPSA) is 120 Å². The van der Waals surface area contributed by atoms with E-state index >= 15 is 0 Å². The van der Waals surface area contributed by atoms with E-state index in [1.165, 1.54) is 6.92 Å². The van der Waals surface area contributed by atoms with Crippen molar-refractivity contribution in [3.8, 4) is 0 Å². The third-order valence-electron chi connectivity index (χ3n) is 7.68. The van der Waals surface area contributed by atoms with Crippen molar-refractivity contribution in [3.63, 3.8) is 0 Å². The van der Waals surface area contributed by atoms with Gasteiger partial charge in [0, 0.05) is 19.9 Å². The van der Waals surface area contributed by atoms with E-state index in [0.29, 0.717) is 32.4 Å². The molecule has 2 aromatic carbocycles. The van der Waals surface area contributed by atoms with Gasteiger partial charge in [-0.05, 0) is 51.7 Å². The van der Waals surface area contributed by atoms with Crippen LogP contribution in [0.15, 0.2) is 60.7 Å². The summed E-state index contributed by atoms with van der Waals surface area (Å²) in [5.41, 5.74) is 1.76. The van der Waals surface area contributed by atoms with Gasteiger partial charge >= 0.3 is 13.7 Å². The molecule has 12 heteroatoms. The number of carbonyl (C=O) groups excluding carboxylic acids is 1. The fourth-order valence-electron chi connectivity index (χ4n) is 5.78. The lowest BCUT2D eigenvalue weighted by Gasteiger charge is -2.34. The first kappa shape index (κ1) is 33.2. The van der Waals surface area contributed by atoms with Crippen molar-refractivity contribution in [2.75, 3.05) is 13.2 Å². The minimum absolute atomic E-state index is 0.130. The van der Waals surface area contributed by atoms with Crippen molar-refractivity contribution < 1.29 is 46.8 Å². The average Bonchev–Trinajstić information content (AvgIpc) is 3.60. The molecule has 3 fully saturated rings. The van der Waals surface area contributed by atoms with Crippen molar-refractivity contribution in [3.05, 3.63) is 71.8 Å². The summed E-state index contributed by atoms with van der Waals surface area (Å²) < 4.78 is 62.2. The maximum absolute atomic E-state index is 13.7. The molecule has 0 saturated carbocycles. The zero-order valence-electron chi connectivity index (χ0n) is 26.1. The molecule has 0 spiro atoms. The second kappa shape index (κ2) is 13.7. The molecule has 0 radical (unpaired) electrons. The molecule has 3 heterocycles. The third-order valence-corrected chi connectivity index (χ3v) is 9.23. The molecule has 44 heavy (non-hydrogen) atoms. The largest absolute Gasteiger partial charge is 0.430 e. The number of hydrogen-bond donors (Lipinski definition) is 1. The molecule has 0 bridgehead atoms. The number of hydrogen-bond acceptors (Lipinski definition) is 10. The summed E-state index contributed by atoms with van der Waals surface area (Å²) in [4.78, 5) is 12.3. The Morgan fingerprint density at radius 3 is 2.00 bits per heavy atom. The quantitative estimate of drug-likeness (QED) is 0.159. The smallest absolute Gasteiger partial charge is 0.406 e. The molecule has 1 N–H and O–H groups in total. The molecule has 0 aromatic heterocycles. The molecule has 2 aromatic rings. The maximum atomic E-state index is 13.7. The molecule has 5 atom stereocenters. The van der Waals surface area contributed by atoms with Gasteiger partial charge in [-0.15, -0.1) is 0 Å². The zero-order valence-corrected chi connectivity index (χ0v) is 27.0. The Bertz CT molecular complexity index is 1240. The van der Waals surface area contributed by atoms with E-state index < -0.39 is 55.5 Å². The minimum atomic E-state index is -3.67. The molecule has 3 saturated heterocycles. The lowest BCUT2D eigenvalue weighted by molar-refractivity contribution is -0.293. The molecule has 0 aliphatic carbocycles. The van der Waals surface area contributed by atoms with Crippen LogP contribution < -0.4 is 5.09 Å². The van der Waals surface area contributed by atoms with Crippen LogP contribution in [0.25, 0.3) is 0 Å². The highest BCUT2D eigenvalue weighted by molar-refractivity contribution is 7.51. The van der Waals surface area contributed by atoms with Crippen LogP contribution >= 0.6 is 7.75 Å². The van der Waals surface area contributed by atoms with Gasteiger partial charge in [0.05, 0.1) is 19.8 Å². The van der Waals surface area contributed by atoms with Crippen LogP contribution in [0.2, 0.25) is 0 Å². The van der Waals surface area contributed by atoms with Crippen LogP contribution in [0.4, 0.5) is 0 Å². The van der Waals surface area contributed by atoms with Crippen LogP contribution in [0, 0.1) is 0 Å². The van der Waals surface area contributed by atoms with Crippen LogP contribution in [0.3, 0.4) is 0 Å². The number of benzene rings is 2. The number of ether oxygens (including phenoxy) is 6. The van der Waals surface area contributed by atoms with Gasteiger partial charge in [-0.2, -0.15) is 0 Å². The number of nitrogens with one attached hydrogen (secondary N) is 1. The first-order chi connectivity index (χ1) is 20.9. The van der Waals surface area contributed by atoms with Crippen molar-refractivity contribution in [1.82, 2.24) is 5.09 Å². The predicted molar refractivity (Wildman–Crippen MR) is 160 cm³/mol. The summed E-state index contributed by atoms with van der Waals surface area (Å²) in [5, 5.41) is 3.01. The van der Waals surface area contributed by atoms with E-state index in [0.717, 1.165) is 11.1 Å². The van der Waals surface area contributed by atoms with E-state index in [2.05, 4.69) is 5.09 Å². The van der Waals surface area contributed by atoms with Gasteiger partial charge in [0.2, 0.25) is 5.79 Å². The number of rotatable bonds is 14. The van der Waals surface area contributed by atoms with Crippen LogP contribution in [-0.4, -0.2) is 60.9 Å². The van der Waals surface area contributed by atoms with Crippen LogP contribution in [0.5, 0.6) is 0 Å². The molecule has 5 rings (SSSR count). The highest BCUT2D eigenvalue weighted by Gasteiger charge is 2.67. The molecule has 0 unspecified atom stereocenters. The van der Waals surface area contributed by atoms with Gasteiger partial charge in [-0.3, -0.25) is 13.8 Å². The van der Waals surface area contributed by atoms with Crippen molar-refractivity contribution >= 4 is 13.7 Å².